The summed E-state index contributed by atoms with van der Waals surface area (Å²) >= 11 is 0. The highest BCUT2D eigenvalue weighted by Crippen LogP contribution is 2.25. The summed E-state index contributed by atoms with van der Waals surface area (Å²) < 4.78 is 11.2. The van der Waals surface area contributed by atoms with E-state index >= 15 is 0 Å². The molecular weight excluding hydrogens is 278 g/mol. The standard InChI is InChI=1S/C17H27N3O2/c1-13(15-6-8-21-9-7-15)19-16-10-18-11-17(20-16)22-12-14-4-2-3-5-14/h10-11,13-15H,2-9,12H2,1H3,(H,19,20). The Kier molecular flexibility index (Phi) is 5.48. The number of nitrogens with one attached hydrogen (secondary N) is 1. The van der Waals surface area contributed by atoms with Gasteiger partial charge in [-0.2, -0.15) is 4.98 Å². The highest BCUT2D eigenvalue weighted by atomic mass is 16.5. The van der Waals surface area contributed by atoms with E-state index in [0.717, 1.165) is 38.5 Å². The van der Waals surface area contributed by atoms with Crippen molar-refractivity contribution in [2.75, 3.05) is 25.1 Å². The van der Waals surface area contributed by atoms with Crippen LogP contribution in [0.25, 0.3) is 0 Å². The molecule has 1 aromatic rings. The van der Waals surface area contributed by atoms with E-state index in [1.54, 1.807) is 12.4 Å². The average molecular weight is 305 g/mol. The van der Waals surface area contributed by atoms with Gasteiger partial charge in [0.1, 0.15) is 5.82 Å². The van der Waals surface area contributed by atoms with Crippen molar-refractivity contribution < 1.29 is 9.47 Å². The maximum Gasteiger partial charge on any atom is 0.234 e. The third-order valence-corrected chi connectivity index (χ3v) is 4.90. The lowest BCUT2D eigenvalue weighted by molar-refractivity contribution is 0.0622. The maximum atomic E-state index is 5.82. The number of hydrogen-bond donors (Lipinski definition) is 1. The predicted octanol–water partition coefficient (Wildman–Crippen LogP) is 3.27. The first-order valence-electron chi connectivity index (χ1n) is 8.60. The number of rotatable bonds is 6. The molecule has 122 valence electrons. The monoisotopic (exact) mass is 305 g/mol. The Balaban J connectivity index is 1.51. The van der Waals surface area contributed by atoms with E-state index in [0.29, 0.717) is 23.8 Å². The molecule has 3 rings (SSSR count). The van der Waals surface area contributed by atoms with Crippen molar-refractivity contribution in [2.45, 2.75) is 51.5 Å². The van der Waals surface area contributed by atoms with Crippen molar-refractivity contribution in [3.05, 3.63) is 12.4 Å². The van der Waals surface area contributed by atoms with E-state index in [4.69, 9.17) is 9.47 Å². The summed E-state index contributed by atoms with van der Waals surface area (Å²) in [5.74, 6) is 2.78. The lowest BCUT2D eigenvalue weighted by atomic mass is 9.93. The van der Waals surface area contributed by atoms with E-state index in [9.17, 15) is 0 Å². The highest BCUT2D eigenvalue weighted by molar-refractivity contribution is 5.34. The van der Waals surface area contributed by atoms with Gasteiger partial charge in [-0.05, 0) is 44.4 Å². The minimum Gasteiger partial charge on any atom is -0.476 e. The summed E-state index contributed by atoms with van der Waals surface area (Å²) in [6.07, 6.45) is 10.9. The van der Waals surface area contributed by atoms with Gasteiger partial charge in [0.25, 0.3) is 0 Å². The van der Waals surface area contributed by atoms with Gasteiger partial charge in [0.05, 0.1) is 19.0 Å². The molecule has 0 spiro atoms. The van der Waals surface area contributed by atoms with E-state index in [2.05, 4.69) is 22.2 Å². The number of hydrogen-bond acceptors (Lipinski definition) is 5. The van der Waals surface area contributed by atoms with Gasteiger partial charge in [-0.15, -0.1) is 0 Å². The van der Waals surface area contributed by atoms with Crippen molar-refractivity contribution in [3.63, 3.8) is 0 Å². The van der Waals surface area contributed by atoms with Crippen LogP contribution in [0.1, 0.15) is 45.4 Å². The lowest BCUT2D eigenvalue weighted by Gasteiger charge is -2.28. The molecule has 0 amide bonds. The van der Waals surface area contributed by atoms with Gasteiger partial charge in [0.2, 0.25) is 5.88 Å². The van der Waals surface area contributed by atoms with E-state index in [-0.39, 0.29) is 0 Å². The third-order valence-electron chi connectivity index (χ3n) is 4.90. The van der Waals surface area contributed by atoms with Crippen molar-refractivity contribution in [2.24, 2.45) is 11.8 Å². The molecule has 2 heterocycles. The van der Waals surface area contributed by atoms with Crippen LogP contribution in [0.15, 0.2) is 12.4 Å². The van der Waals surface area contributed by atoms with Crippen molar-refractivity contribution in [3.8, 4) is 5.88 Å². The molecule has 1 aliphatic heterocycles. The first-order chi connectivity index (χ1) is 10.8. The molecule has 5 nitrogen and oxygen atoms in total. The van der Waals surface area contributed by atoms with Crippen LogP contribution in [-0.4, -0.2) is 35.8 Å². The second-order valence-electron chi connectivity index (χ2n) is 6.59. The SMILES string of the molecule is CC(Nc1cncc(OCC2CCCC2)n1)C1CCOCC1. The second-order valence-corrected chi connectivity index (χ2v) is 6.59. The Morgan fingerprint density at radius 3 is 2.77 bits per heavy atom. The van der Waals surface area contributed by atoms with E-state index < -0.39 is 0 Å². The molecule has 1 saturated heterocycles. The molecule has 2 fully saturated rings. The summed E-state index contributed by atoms with van der Waals surface area (Å²) in [6, 6.07) is 0.378. The van der Waals surface area contributed by atoms with Gasteiger partial charge in [0, 0.05) is 19.3 Å². The molecular formula is C17H27N3O2. The summed E-state index contributed by atoms with van der Waals surface area (Å²) in [7, 11) is 0. The van der Waals surface area contributed by atoms with Gasteiger partial charge in [-0.1, -0.05) is 12.8 Å². The Morgan fingerprint density at radius 2 is 2.00 bits per heavy atom. The lowest BCUT2D eigenvalue weighted by Crippen LogP contribution is -2.31. The Morgan fingerprint density at radius 1 is 1.23 bits per heavy atom. The zero-order valence-corrected chi connectivity index (χ0v) is 13.5. The van der Waals surface area contributed by atoms with Crippen molar-refractivity contribution >= 4 is 5.82 Å². The fourth-order valence-corrected chi connectivity index (χ4v) is 3.43. The molecule has 1 N–H and O–H groups in total. The van der Waals surface area contributed by atoms with Crippen LogP contribution >= 0.6 is 0 Å². The minimum atomic E-state index is 0.378. The topological polar surface area (TPSA) is 56.3 Å². The summed E-state index contributed by atoms with van der Waals surface area (Å²) in [5, 5.41) is 3.47. The minimum absolute atomic E-state index is 0.378. The number of anilines is 1. The molecule has 0 radical (unpaired) electrons. The van der Waals surface area contributed by atoms with Gasteiger partial charge in [-0.25, -0.2) is 0 Å². The van der Waals surface area contributed by atoms with Gasteiger partial charge < -0.3 is 14.8 Å². The van der Waals surface area contributed by atoms with E-state index in [1.165, 1.54) is 25.7 Å². The first-order valence-corrected chi connectivity index (χ1v) is 8.60. The molecule has 22 heavy (non-hydrogen) atoms. The van der Waals surface area contributed by atoms with Crippen LogP contribution in [-0.2, 0) is 4.74 Å². The molecule has 0 bridgehead atoms. The van der Waals surface area contributed by atoms with Gasteiger partial charge in [-0.3, -0.25) is 4.98 Å². The van der Waals surface area contributed by atoms with Crippen LogP contribution in [0.3, 0.4) is 0 Å². The predicted molar refractivity (Wildman–Crippen MR) is 86.1 cm³/mol. The van der Waals surface area contributed by atoms with Crippen LogP contribution < -0.4 is 10.1 Å². The number of ether oxygens (including phenoxy) is 2. The molecule has 1 saturated carbocycles. The van der Waals surface area contributed by atoms with Gasteiger partial charge in [0.15, 0.2) is 0 Å². The third kappa shape index (κ3) is 4.32. The van der Waals surface area contributed by atoms with Gasteiger partial charge >= 0.3 is 0 Å². The summed E-state index contributed by atoms with van der Waals surface area (Å²) in [4.78, 5) is 8.79. The van der Waals surface area contributed by atoms with Crippen molar-refractivity contribution in [1.29, 1.82) is 0 Å². The summed E-state index contributed by atoms with van der Waals surface area (Å²) in [6.45, 7) is 4.72. The quantitative estimate of drug-likeness (QED) is 0.874. The summed E-state index contributed by atoms with van der Waals surface area (Å²) in [5.41, 5.74) is 0. The largest absolute Gasteiger partial charge is 0.476 e. The maximum absolute atomic E-state index is 5.82. The molecule has 5 heteroatoms. The molecule has 1 unspecified atom stereocenters. The molecule has 1 aromatic heterocycles. The molecule has 2 aliphatic rings. The fourth-order valence-electron chi connectivity index (χ4n) is 3.43. The Labute approximate surface area is 132 Å². The zero-order valence-electron chi connectivity index (χ0n) is 13.5. The molecule has 1 aliphatic carbocycles. The van der Waals surface area contributed by atoms with Crippen molar-refractivity contribution in [1.82, 2.24) is 9.97 Å². The van der Waals surface area contributed by atoms with Crippen LogP contribution in [0.4, 0.5) is 5.82 Å². The normalized spacial score (nSPS) is 21.7. The smallest absolute Gasteiger partial charge is 0.234 e. The highest BCUT2D eigenvalue weighted by Gasteiger charge is 2.21. The second kappa shape index (κ2) is 7.77. The molecule has 0 aromatic carbocycles. The van der Waals surface area contributed by atoms with Crippen LogP contribution in [0.2, 0.25) is 0 Å². The average Bonchev–Trinajstić information content (AvgIpc) is 3.08. The molecule has 1 atom stereocenters. The van der Waals surface area contributed by atoms with Crippen LogP contribution in [0.5, 0.6) is 5.88 Å². The number of nitrogens with zero attached hydrogens (tertiary/aromatic N) is 2. The number of aromatic nitrogens is 2. The van der Waals surface area contributed by atoms with Crippen LogP contribution in [0, 0.1) is 11.8 Å². The first kappa shape index (κ1) is 15.5. The fraction of sp³-hybridized carbons (Fsp3) is 0.765. The zero-order chi connectivity index (χ0) is 15.2. The van der Waals surface area contributed by atoms with E-state index in [1.807, 2.05) is 0 Å². The Bertz CT molecular complexity index is 457. The Hall–Kier alpha value is -1.36.